The molecule has 0 spiro atoms. The van der Waals surface area contributed by atoms with Crippen LogP contribution in [0.1, 0.15) is 31.2 Å². The van der Waals surface area contributed by atoms with Crippen molar-refractivity contribution in [3.63, 3.8) is 0 Å². The Morgan fingerprint density at radius 1 is 1.17 bits per heavy atom. The summed E-state index contributed by atoms with van der Waals surface area (Å²) < 4.78 is 13.1. The monoisotopic (exact) mass is 394 g/mol. The number of hydrogen-bond donors (Lipinski definition) is 1. The van der Waals surface area contributed by atoms with Gasteiger partial charge in [0.25, 0.3) is 0 Å². The molecule has 0 radical (unpaired) electrons. The maximum absolute atomic E-state index is 12.6. The van der Waals surface area contributed by atoms with Gasteiger partial charge in [-0.25, -0.2) is 0 Å². The Morgan fingerprint density at radius 3 is 2.72 bits per heavy atom. The molecule has 29 heavy (non-hydrogen) atoms. The molecule has 7 heteroatoms. The number of fused-ring (bicyclic) bond motifs is 1. The fourth-order valence-electron chi connectivity index (χ4n) is 4.00. The summed E-state index contributed by atoms with van der Waals surface area (Å²) in [5.41, 5.74) is 2.21. The number of ether oxygens (including phenoxy) is 2. The summed E-state index contributed by atoms with van der Waals surface area (Å²) in [6.07, 6.45) is 9.21. The van der Waals surface area contributed by atoms with Gasteiger partial charge < -0.3 is 19.4 Å². The van der Waals surface area contributed by atoms with Crippen LogP contribution < -0.4 is 14.8 Å². The highest BCUT2D eigenvalue weighted by Gasteiger charge is 2.24. The minimum atomic E-state index is 0.0735. The van der Waals surface area contributed by atoms with Gasteiger partial charge in [-0.2, -0.15) is 4.98 Å². The van der Waals surface area contributed by atoms with Gasteiger partial charge >= 0.3 is 0 Å². The zero-order chi connectivity index (χ0) is 20.2. The van der Waals surface area contributed by atoms with E-state index in [2.05, 4.69) is 32.0 Å². The molecule has 1 amide bonds. The molecule has 1 saturated carbocycles. The van der Waals surface area contributed by atoms with Crippen molar-refractivity contribution in [2.45, 2.75) is 44.2 Å². The van der Waals surface area contributed by atoms with Crippen molar-refractivity contribution in [1.29, 1.82) is 0 Å². The number of rotatable bonds is 6. The molecule has 0 aliphatic heterocycles. The number of amides is 1. The third-order valence-corrected chi connectivity index (χ3v) is 5.46. The lowest BCUT2D eigenvalue weighted by Gasteiger charge is -2.29. The summed E-state index contributed by atoms with van der Waals surface area (Å²) in [5, 5.41) is 4.33. The van der Waals surface area contributed by atoms with E-state index >= 15 is 0 Å². The highest BCUT2D eigenvalue weighted by Crippen LogP contribution is 2.24. The van der Waals surface area contributed by atoms with E-state index in [4.69, 9.17) is 9.47 Å². The molecule has 0 bridgehead atoms. The van der Waals surface area contributed by atoms with Gasteiger partial charge in [0.15, 0.2) is 0 Å². The molecule has 1 fully saturated rings. The molecule has 2 heterocycles. The van der Waals surface area contributed by atoms with E-state index in [0.29, 0.717) is 18.2 Å². The summed E-state index contributed by atoms with van der Waals surface area (Å²) >= 11 is 0. The van der Waals surface area contributed by atoms with Crippen LogP contribution in [0.2, 0.25) is 0 Å². The average Bonchev–Trinajstić information content (AvgIpc) is 3.05. The maximum Gasteiger partial charge on any atom is 0.235 e. The normalized spacial score (nSPS) is 19.1. The van der Waals surface area contributed by atoms with Crippen LogP contribution >= 0.6 is 0 Å². The zero-order valence-electron chi connectivity index (χ0n) is 16.8. The molecule has 3 aromatic rings. The number of carbonyl (C=O) groups is 1. The van der Waals surface area contributed by atoms with Gasteiger partial charge in [0.05, 0.1) is 25.9 Å². The van der Waals surface area contributed by atoms with Gasteiger partial charge in [0.2, 0.25) is 17.7 Å². The SMILES string of the molecule is COc1cncc(OC2CCC(NC(=O)Cc3cn(C)c4ccccc34)CC2)n1. The van der Waals surface area contributed by atoms with E-state index in [-0.39, 0.29) is 18.1 Å². The van der Waals surface area contributed by atoms with Crippen LogP contribution in [-0.2, 0) is 18.3 Å². The highest BCUT2D eigenvalue weighted by atomic mass is 16.5. The van der Waals surface area contributed by atoms with Gasteiger partial charge in [0.1, 0.15) is 6.10 Å². The number of para-hydroxylation sites is 1. The van der Waals surface area contributed by atoms with Gasteiger partial charge in [-0.05, 0) is 37.3 Å². The minimum absolute atomic E-state index is 0.0735. The van der Waals surface area contributed by atoms with Crippen molar-refractivity contribution in [2.75, 3.05) is 7.11 Å². The smallest absolute Gasteiger partial charge is 0.235 e. The van der Waals surface area contributed by atoms with E-state index < -0.39 is 0 Å². The van der Waals surface area contributed by atoms with Crippen molar-refractivity contribution in [1.82, 2.24) is 19.9 Å². The summed E-state index contributed by atoms with van der Waals surface area (Å²) in [5.74, 6) is 0.995. The molecule has 1 aromatic carbocycles. The second-order valence-corrected chi connectivity index (χ2v) is 7.52. The lowest BCUT2D eigenvalue weighted by atomic mass is 9.92. The largest absolute Gasteiger partial charge is 0.480 e. The highest BCUT2D eigenvalue weighted by molar-refractivity contribution is 5.89. The molecule has 0 unspecified atom stereocenters. The molecule has 0 saturated heterocycles. The second kappa shape index (κ2) is 8.51. The second-order valence-electron chi connectivity index (χ2n) is 7.52. The van der Waals surface area contributed by atoms with E-state index in [1.165, 1.54) is 0 Å². The molecule has 1 aliphatic rings. The van der Waals surface area contributed by atoms with Crippen molar-refractivity contribution < 1.29 is 14.3 Å². The third-order valence-electron chi connectivity index (χ3n) is 5.46. The standard InChI is InChI=1S/C22H26N4O3/c1-26-14-15(18-5-3-4-6-19(18)26)11-20(27)24-16-7-9-17(10-8-16)29-22-13-23-12-21(25-22)28-2/h3-6,12-14,16-17H,7-11H2,1-2H3,(H,24,27). The fraction of sp³-hybridized carbons (Fsp3) is 0.409. The van der Waals surface area contributed by atoms with Crippen LogP contribution in [0.5, 0.6) is 11.8 Å². The van der Waals surface area contributed by atoms with Crippen molar-refractivity contribution in [2.24, 2.45) is 7.05 Å². The first kappa shape index (κ1) is 19.2. The summed E-state index contributed by atoms with van der Waals surface area (Å²) in [6, 6.07) is 8.36. The van der Waals surface area contributed by atoms with Crippen molar-refractivity contribution >= 4 is 16.8 Å². The predicted octanol–water partition coefficient (Wildman–Crippen LogP) is 3.03. The summed E-state index contributed by atoms with van der Waals surface area (Å²) in [7, 11) is 3.57. The van der Waals surface area contributed by atoms with E-state index in [0.717, 1.165) is 42.1 Å². The van der Waals surface area contributed by atoms with Gasteiger partial charge in [0, 0.05) is 30.2 Å². The summed E-state index contributed by atoms with van der Waals surface area (Å²) in [6.45, 7) is 0. The molecule has 1 aliphatic carbocycles. The first-order valence-electron chi connectivity index (χ1n) is 9.97. The third kappa shape index (κ3) is 4.50. The Labute approximate surface area is 170 Å². The van der Waals surface area contributed by atoms with Crippen molar-refractivity contribution in [3.05, 3.63) is 48.4 Å². The molecule has 0 atom stereocenters. The predicted molar refractivity (Wildman–Crippen MR) is 110 cm³/mol. The zero-order valence-corrected chi connectivity index (χ0v) is 16.8. The molecule has 152 valence electrons. The minimum Gasteiger partial charge on any atom is -0.480 e. The Kier molecular flexibility index (Phi) is 5.64. The van der Waals surface area contributed by atoms with E-state index in [9.17, 15) is 4.79 Å². The van der Waals surface area contributed by atoms with E-state index in [1.54, 1.807) is 19.5 Å². The fourth-order valence-corrected chi connectivity index (χ4v) is 4.00. The van der Waals surface area contributed by atoms with Crippen LogP contribution in [0.4, 0.5) is 0 Å². The van der Waals surface area contributed by atoms with Gasteiger partial charge in [-0.3, -0.25) is 9.78 Å². The first-order valence-corrected chi connectivity index (χ1v) is 9.97. The topological polar surface area (TPSA) is 78.3 Å². The lowest BCUT2D eigenvalue weighted by Crippen LogP contribution is -2.40. The van der Waals surface area contributed by atoms with Crippen molar-refractivity contribution in [3.8, 4) is 11.8 Å². The van der Waals surface area contributed by atoms with Crippen LogP contribution in [0.3, 0.4) is 0 Å². The molecule has 4 rings (SSSR count). The number of carbonyl (C=O) groups excluding carboxylic acids is 1. The van der Waals surface area contributed by atoms with Crippen LogP contribution in [-0.4, -0.2) is 39.7 Å². The molecule has 1 N–H and O–H groups in total. The molecule has 2 aromatic heterocycles. The molecular formula is C22H26N4O3. The summed E-state index contributed by atoms with van der Waals surface area (Å²) in [4.78, 5) is 20.9. The van der Waals surface area contributed by atoms with Crippen LogP contribution in [0.15, 0.2) is 42.9 Å². The number of methoxy groups -OCH3 is 1. The van der Waals surface area contributed by atoms with Crippen LogP contribution in [0.25, 0.3) is 10.9 Å². The Balaban J connectivity index is 1.28. The number of benzene rings is 1. The maximum atomic E-state index is 12.6. The number of nitrogens with zero attached hydrogens (tertiary/aromatic N) is 3. The van der Waals surface area contributed by atoms with E-state index in [1.807, 2.05) is 25.4 Å². The van der Waals surface area contributed by atoms with Gasteiger partial charge in [-0.15, -0.1) is 0 Å². The Morgan fingerprint density at radius 2 is 1.93 bits per heavy atom. The molecule has 7 nitrogen and oxygen atoms in total. The Bertz CT molecular complexity index is 993. The first-order chi connectivity index (χ1) is 14.1. The van der Waals surface area contributed by atoms with Crippen LogP contribution in [0, 0.1) is 0 Å². The molecular weight excluding hydrogens is 368 g/mol. The average molecular weight is 394 g/mol. The van der Waals surface area contributed by atoms with Gasteiger partial charge in [-0.1, -0.05) is 18.2 Å². The number of aryl methyl sites for hydroxylation is 1. The number of aromatic nitrogens is 3. The lowest BCUT2D eigenvalue weighted by molar-refractivity contribution is -0.121. The quantitative estimate of drug-likeness (QED) is 0.695. The Hall–Kier alpha value is -3.09. The number of hydrogen-bond acceptors (Lipinski definition) is 5. The number of nitrogens with one attached hydrogen (secondary N) is 1.